The molecule has 0 radical (unpaired) electrons. The highest BCUT2D eigenvalue weighted by atomic mass is 127. The summed E-state index contributed by atoms with van der Waals surface area (Å²) in [6.45, 7) is 2.47. The van der Waals surface area contributed by atoms with Crippen molar-refractivity contribution in [2.75, 3.05) is 19.7 Å². The summed E-state index contributed by atoms with van der Waals surface area (Å²) < 4.78 is 6.39. The minimum atomic E-state index is -0.315. The molecule has 1 aromatic rings. The summed E-state index contributed by atoms with van der Waals surface area (Å²) in [5.74, 6) is 0.126. The van der Waals surface area contributed by atoms with Gasteiger partial charge >= 0.3 is 0 Å². The summed E-state index contributed by atoms with van der Waals surface area (Å²) in [5.41, 5.74) is 0. The van der Waals surface area contributed by atoms with Gasteiger partial charge in [0, 0.05) is 10.1 Å². The van der Waals surface area contributed by atoms with Gasteiger partial charge < -0.3 is 15.4 Å². The Balaban J connectivity index is 2.21. The van der Waals surface area contributed by atoms with Crippen molar-refractivity contribution in [3.05, 3.63) is 27.8 Å². The maximum absolute atomic E-state index is 11.4. The summed E-state index contributed by atoms with van der Waals surface area (Å²) in [6.07, 6.45) is 0.871. The van der Waals surface area contributed by atoms with Crippen molar-refractivity contribution in [2.24, 2.45) is 0 Å². The van der Waals surface area contributed by atoms with Crippen molar-refractivity contribution in [3.63, 3.8) is 0 Å². The van der Waals surface area contributed by atoms with E-state index in [1.54, 1.807) is 12.1 Å². The molecule has 2 amide bonds. The zero-order valence-electron chi connectivity index (χ0n) is 10.7. The molecule has 2 N–H and O–H groups in total. The Kier molecular flexibility index (Phi) is 7.24. The highest BCUT2D eigenvalue weighted by Crippen LogP contribution is 2.12. The smallest absolute Gasteiger partial charge is 0.258 e. The fourth-order valence-electron chi connectivity index (χ4n) is 1.24. The molecule has 5 nitrogen and oxygen atoms in total. The molecule has 0 aliphatic carbocycles. The number of rotatable bonds is 7. The van der Waals surface area contributed by atoms with E-state index in [1.807, 2.05) is 19.1 Å². The lowest BCUT2D eigenvalue weighted by Gasteiger charge is -2.07. The summed E-state index contributed by atoms with van der Waals surface area (Å²) in [7, 11) is 0. The summed E-state index contributed by atoms with van der Waals surface area (Å²) in [6, 6.07) is 7.38. The SMILES string of the molecule is CCCNC(=O)CNC(=O)COc1ccc(I)cc1. The topological polar surface area (TPSA) is 67.4 Å². The number of carbonyl (C=O) groups is 2. The normalized spacial score (nSPS) is 9.79. The van der Waals surface area contributed by atoms with Crippen LogP contribution >= 0.6 is 22.6 Å². The van der Waals surface area contributed by atoms with Crippen LogP contribution in [0.4, 0.5) is 0 Å². The molecule has 0 fully saturated rings. The van der Waals surface area contributed by atoms with Crippen molar-refractivity contribution >= 4 is 34.4 Å². The van der Waals surface area contributed by atoms with Gasteiger partial charge in [-0.1, -0.05) is 6.92 Å². The molecule has 19 heavy (non-hydrogen) atoms. The molecule has 0 bridgehead atoms. The quantitative estimate of drug-likeness (QED) is 0.706. The molecule has 0 atom stereocenters. The molecule has 1 rings (SSSR count). The molecule has 104 valence electrons. The molecule has 0 saturated heterocycles. The summed E-state index contributed by atoms with van der Waals surface area (Å²) in [5, 5.41) is 5.17. The van der Waals surface area contributed by atoms with Crippen molar-refractivity contribution in [1.29, 1.82) is 0 Å². The van der Waals surface area contributed by atoms with Crippen LogP contribution in [0.5, 0.6) is 5.75 Å². The van der Waals surface area contributed by atoms with Crippen LogP contribution in [-0.2, 0) is 9.59 Å². The Hall–Kier alpha value is -1.31. The van der Waals surface area contributed by atoms with Gasteiger partial charge in [0.1, 0.15) is 5.75 Å². The molecule has 6 heteroatoms. The Morgan fingerprint density at radius 3 is 2.47 bits per heavy atom. The van der Waals surface area contributed by atoms with Crippen molar-refractivity contribution in [1.82, 2.24) is 10.6 Å². The number of benzene rings is 1. The first-order valence-corrected chi connectivity index (χ1v) is 7.11. The predicted octanol–water partition coefficient (Wildman–Crippen LogP) is 1.31. The molecule has 0 aromatic heterocycles. The van der Waals surface area contributed by atoms with E-state index in [9.17, 15) is 9.59 Å². The Labute approximate surface area is 126 Å². The van der Waals surface area contributed by atoms with Crippen LogP contribution in [0.25, 0.3) is 0 Å². The van der Waals surface area contributed by atoms with E-state index in [2.05, 4.69) is 33.2 Å². The fourth-order valence-corrected chi connectivity index (χ4v) is 1.60. The van der Waals surface area contributed by atoms with E-state index < -0.39 is 0 Å². The lowest BCUT2D eigenvalue weighted by atomic mass is 10.3. The highest BCUT2D eigenvalue weighted by molar-refractivity contribution is 14.1. The second kappa shape index (κ2) is 8.73. The van der Waals surface area contributed by atoms with Gasteiger partial charge in [-0.05, 0) is 53.3 Å². The van der Waals surface area contributed by atoms with Gasteiger partial charge in [0.2, 0.25) is 5.91 Å². The lowest BCUT2D eigenvalue weighted by molar-refractivity contribution is -0.127. The molecule has 0 unspecified atom stereocenters. The summed E-state index contributed by atoms with van der Waals surface area (Å²) in [4.78, 5) is 22.7. The van der Waals surface area contributed by atoms with Gasteiger partial charge in [-0.2, -0.15) is 0 Å². The van der Waals surface area contributed by atoms with Crippen LogP contribution in [-0.4, -0.2) is 31.5 Å². The second-order valence-corrected chi connectivity index (χ2v) is 5.11. The third-order valence-electron chi connectivity index (χ3n) is 2.20. The molecule has 0 saturated carbocycles. The monoisotopic (exact) mass is 376 g/mol. The molecule has 0 aliphatic heterocycles. The van der Waals surface area contributed by atoms with E-state index in [0.717, 1.165) is 9.99 Å². The van der Waals surface area contributed by atoms with Gasteiger partial charge in [0.15, 0.2) is 6.61 Å². The molecule has 1 aromatic carbocycles. The average molecular weight is 376 g/mol. The first-order chi connectivity index (χ1) is 9.11. The van der Waals surface area contributed by atoms with Crippen LogP contribution in [0.1, 0.15) is 13.3 Å². The number of halogens is 1. The van der Waals surface area contributed by atoms with Crippen LogP contribution in [0.3, 0.4) is 0 Å². The largest absolute Gasteiger partial charge is 0.484 e. The zero-order chi connectivity index (χ0) is 14.1. The number of hydrogen-bond acceptors (Lipinski definition) is 3. The van der Waals surface area contributed by atoms with E-state index in [-0.39, 0.29) is 25.0 Å². The maximum atomic E-state index is 11.4. The Morgan fingerprint density at radius 1 is 1.16 bits per heavy atom. The van der Waals surface area contributed by atoms with Crippen LogP contribution in [0, 0.1) is 3.57 Å². The molecular weight excluding hydrogens is 359 g/mol. The fraction of sp³-hybridized carbons (Fsp3) is 0.385. The number of amides is 2. The minimum absolute atomic E-state index is 0.0190. The molecule has 0 aliphatic rings. The first kappa shape index (κ1) is 15.7. The third-order valence-corrected chi connectivity index (χ3v) is 2.92. The van der Waals surface area contributed by atoms with E-state index in [0.29, 0.717) is 12.3 Å². The third kappa shape index (κ3) is 7.00. The van der Waals surface area contributed by atoms with Crippen molar-refractivity contribution in [2.45, 2.75) is 13.3 Å². The van der Waals surface area contributed by atoms with E-state index in [1.165, 1.54) is 0 Å². The van der Waals surface area contributed by atoms with Gasteiger partial charge in [-0.3, -0.25) is 9.59 Å². The molecular formula is C13H17IN2O3. The molecule has 0 spiro atoms. The Bertz CT molecular complexity index is 420. The number of carbonyl (C=O) groups excluding carboxylic acids is 2. The predicted molar refractivity (Wildman–Crippen MR) is 81.0 cm³/mol. The number of nitrogens with one attached hydrogen (secondary N) is 2. The van der Waals surface area contributed by atoms with E-state index in [4.69, 9.17) is 4.74 Å². The maximum Gasteiger partial charge on any atom is 0.258 e. The van der Waals surface area contributed by atoms with Gasteiger partial charge in [0.05, 0.1) is 6.54 Å². The van der Waals surface area contributed by atoms with Gasteiger partial charge in [-0.25, -0.2) is 0 Å². The Morgan fingerprint density at radius 2 is 1.84 bits per heavy atom. The van der Waals surface area contributed by atoms with Crippen molar-refractivity contribution in [3.8, 4) is 5.75 Å². The molecule has 0 heterocycles. The van der Waals surface area contributed by atoms with Crippen LogP contribution in [0.15, 0.2) is 24.3 Å². The standard InChI is InChI=1S/C13H17IN2O3/c1-2-7-15-12(17)8-16-13(18)9-19-11-5-3-10(14)4-6-11/h3-6H,2,7-9H2,1H3,(H,15,17)(H,16,18). The zero-order valence-corrected chi connectivity index (χ0v) is 12.9. The second-order valence-electron chi connectivity index (χ2n) is 3.87. The van der Waals surface area contributed by atoms with Crippen molar-refractivity contribution < 1.29 is 14.3 Å². The summed E-state index contributed by atoms with van der Waals surface area (Å²) >= 11 is 2.19. The lowest BCUT2D eigenvalue weighted by Crippen LogP contribution is -2.39. The number of ether oxygens (including phenoxy) is 1. The van der Waals surface area contributed by atoms with Gasteiger partial charge in [-0.15, -0.1) is 0 Å². The van der Waals surface area contributed by atoms with Crippen LogP contribution < -0.4 is 15.4 Å². The number of hydrogen-bond donors (Lipinski definition) is 2. The first-order valence-electron chi connectivity index (χ1n) is 6.03. The van der Waals surface area contributed by atoms with Gasteiger partial charge in [0.25, 0.3) is 5.91 Å². The average Bonchev–Trinajstić information content (AvgIpc) is 2.42. The minimum Gasteiger partial charge on any atom is -0.484 e. The highest BCUT2D eigenvalue weighted by Gasteiger charge is 2.05. The van der Waals surface area contributed by atoms with E-state index >= 15 is 0 Å². The van der Waals surface area contributed by atoms with Crippen LogP contribution in [0.2, 0.25) is 0 Å².